The molecule has 0 aliphatic carbocycles. The Kier molecular flexibility index (Phi) is 5.41. The van der Waals surface area contributed by atoms with Gasteiger partial charge in [0.15, 0.2) is 0 Å². The van der Waals surface area contributed by atoms with Crippen LogP contribution in [0.25, 0.3) is 10.2 Å². The van der Waals surface area contributed by atoms with E-state index in [-0.39, 0.29) is 18.1 Å². The molecule has 3 rings (SSSR count). The van der Waals surface area contributed by atoms with Gasteiger partial charge in [0, 0.05) is 13.0 Å². The van der Waals surface area contributed by atoms with Crippen molar-refractivity contribution in [1.29, 1.82) is 0 Å². The van der Waals surface area contributed by atoms with Gasteiger partial charge < -0.3 is 10.1 Å². The van der Waals surface area contributed by atoms with Crippen molar-refractivity contribution in [3.8, 4) is 0 Å². The molecule has 1 aliphatic rings. The average Bonchev–Trinajstić information content (AvgIpc) is 2.78. The Labute approximate surface area is 155 Å². The van der Waals surface area contributed by atoms with Crippen molar-refractivity contribution >= 4 is 33.4 Å². The molecule has 1 aliphatic heterocycles. The zero-order chi connectivity index (χ0) is 18.8. The van der Waals surface area contributed by atoms with Crippen LogP contribution in [0, 0.1) is 6.92 Å². The van der Waals surface area contributed by atoms with Crippen molar-refractivity contribution in [1.82, 2.24) is 14.9 Å². The van der Waals surface area contributed by atoms with Crippen LogP contribution in [0.4, 0.5) is 0 Å². The maximum atomic E-state index is 12.9. The van der Waals surface area contributed by atoms with E-state index in [0.29, 0.717) is 27.2 Å². The lowest BCUT2D eigenvalue weighted by Crippen LogP contribution is -2.39. The Morgan fingerprint density at radius 2 is 2.12 bits per heavy atom. The van der Waals surface area contributed by atoms with E-state index in [1.165, 1.54) is 11.3 Å². The predicted octanol–water partition coefficient (Wildman–Crippen LogP) is 2.17. The number of rotatable bonds is 4. The van der Waals surface area contributed by atoms with Gasteiger partial charge in [-0.1, -0.05) is 6.42 Å². The number of carbonyl (C=O) groups is 2. The van der Waals surface area contributed by atoms with E-state index >= 15 is 0 Å². The standard InChI is InChI=1S/C18H23N3O4S/c1-4-25-18(24)11(3)19-15(22)14-10(2)13-16(26-14)20-12-8-6-5-7-9-21(12)17(13)23/h11H,4-9H2,1-3H3,(H,19,22). The molecular formula is C18H23N3O4S. The van der Waals surface area contributed by atoms with Crippen LogP contribution in [-0.2, 0) is 22.5 Å². The number of ether oxygens (including phenoxy) is 1. The number of esters is 1. The van der Waals surface area contributed by atoms with Gasteiger partial charge in [-0.25, -0.2) is 9.78 Å². The summed E-state index contributed by atoms with van der Waals surface area (Å²) in [5.74, 6) is -0.0664. The van der Waals surface area contributed by atoms with Crippen LogP contribution in [0.15, 0.2) is 4.79 Å². The lowest BCUT2D eigenvalue weighted by Gasteiger charge is -2.12. The maximum absolute atomic E-state index is 12.9. The third-order valence-electron chi connectivity index (χ3n) is 4.61. The predicted molar refractivity (Wildman–Crippen MR) is 99.7 cm³/mol. The highest BCUT2D eigenvalue weighted by molar-refractivity contribution is 7.20. The summed E-state index contributed by atoms with van der Waals surface area (Å²) in [5, 5.41) is 3.15. The second kappa shape index (κ2) is 7.57. The van der Waals surface area contributed by atoms with Crippen molar-refractivity contribution in [3.63, 3.8) is 0 Å². The number of hydrogen-bond acceptors (Lipinski definition) is 6. The summed E-state index contributed by atoms with van der Waals surface area (Å²) in [5.41, 5.74) is 0.550. The highest BCUT2D eigenvalue weighted by Gasteiger charge is 2.24. The Morgan fingerprint density at radius 3 is 2.85 bits per heavy atom. The van der Waals surface area contributed by atoms with E-state index in [2.05, 4.69) is 10.3 Å². The number of thiophene rings is 1. The summed E-state index contributed by atoms with van der Waals surface area (Å²) in [6.45, 7) is 5.98. The van der Waals surface area contributed by atoms with Crippen LogP contribution >= 0.6 is 11.3 Å². The second-order valence-corrected chi connectivity index (χ2v) is 7.48. The third-order valence-corrected chi connectivity index (χ3v) is 5.79. The Balaban J connectivity index is 1.97. The molecule has 0 saturated heterocycles. The van der Waals surface area contributed by atoms with Gasteiger partial charge in [0.1, 0.15) is 16.7 Å². The molecule has 0 radical (unpaired) electrons. The molecular weight excluding hydrogens is 354 g/mol. The monoisotopic (exact) mass is 377 g/mol. The van der Waals surface area contributed by atoms with Crippen molar-refractivity contribution in [2.45, 2.75) is 59.0 Å². The molecule has 1 N–H and O–H groups in total. The molecule has 0 saturated carbocycles. The molecule has 2 aromatic heterocycles. The summed E-state index contributed by atoms with van der Waals surface area (Å²) < 4.78 is 6.66. The Bertz CT molecular complexity index is 915. The van der Waals surface area contributed by atoms with Gasteiger partial charge in [0.05, 0.1) is 16.9 Å². The normalized spacial score (nSPS) is 15.2. The van der Waals surface area contributed by atoms with Crippen LogP contribution in [0.3, 0.4) is 0 Å². The molecule has 2 aromatic rings. The van der Waals surface area contributed by atoms with Crippen molar-refractivity contribution in [3.05, 3.63) is 26.6 Å². The molecule has 7 nitrogen and oxygen atoms in total. The first-order chi connectivity index (χ1) is 12.4. The zero-order valence-electron chi connectivity index (χ0n) is 15.3. The third kappa shape index (κ3) is 3.38. The van der Waals surface area contributed by atoms with E-state index in [9.17, 15) is 14.4 Å². The van der Waals surface area contributed by atoms with Crippen molar-refractivity contribution in [2.24, 2.45) is 0 Å². The van der Waals surface area contributed by atoms with E-state index in [1.54, 1.807) is 25.3 Å². The number of aromatic nitrogens is 2. The lowest BCUT2D eigenvalue weighted by atomic mass is 10.2. The molecule has 8 heteroatoms. The summed E-state index contributed by atoms with van der Waals surface area (Å²) in [6.07, 6.45) is 3.86. The van der Waals surface area contributed by atoms with E-state index in [4.69, 9.17) is 4.74 Å². The van der Waals surface area contributed by atoms with Gasteiger partial charge in [0.25, 0.3) is 11.5 Å². The minimum atomic E-state index is -0.752. The molecule has 0 spiro atoms. The summed E-state index contributed by atoms with van der Waals surface area (Å²) in [7, 11) is 0. The molecule has 0 fully saturated rings. The molecule has 1 unspecified atom stereocenters. The molecule has 1 amide bonds. The molecule has 1 atom stereocenters. The van der Waals surface area contributed by atoms with E-state index in [0.717, 1.165) is 31.5 Å². The molecule has 26 heavy (non-hydrogen) atoms. The van der Waals surface area contributed by atoms with E-state index in [1.807, 2.05) is 0 Å². The SMILES string of the molecule is CCOC(=O)C(C)NC(=O)c1sc2nc3n(c(=O)c2c1C)CCCCC3. The maximum Gasteiger partial charge on any atom is 0.328 e. The first-order valence-corrected chi connectivity index (χ1v) is 9.76. The average molecular weight is 377 g/mol. The summed E-state index contributed by atoms with van der Waals surface area (Å²) >= 11 is 1.20. The zero-order valence-corrected chi connectivity index (χ0v) is 16.1. The van der Waals surface area contributed by atoms with Gasteiger partial charge in [-0.3, -0.25) is 14.2 Å². The fourth-order valence-electron chi connectivity index (χ4n) is 3.21. The van der Waals surface area contributed by atoms with Gasteiger partial charge in [-0.15, -0.1) is 11.3 Å². The fourth-order valence-corrected chi connectivity index (χ4v) is 4.31. The number of aryl methyl sites for hydroxylation is 2. The minimum Gasteiger partial charge on any atom is -0.464 e. The minimum absolute atomic E-state index is 0.0712. The van der Waals surface area contributed by atoms with Crippen LogP contribution in [0.5, 0.6) is 0 Å². The number of nitrogens with zero attached hydrogens (tertiary/aromatic N) is 2. The molecule has 140 valence electrons. The van der Waals surface area contributed by atoms with Crippen LogP contribution < -0.4 is 10.9 Å². The Morgan fingerprint density at radius 1 is 1.35 bits per heavy atom. The summed E-state index contributed by atoms with van der Waals surface area (Å²) in [6, 6.07) is -0.752. The number of nitrogens with one attached hydrogen (secondary N) is 1. The lowest BCUT2D eigenvalue weighted by molar-refractivity contribution is -0.144. The van der Waals surface area contributed by atoms with E-state index < -0.39 is 12.0 Å². The smallest absolute Gasteiger partial charge is 0.328 e. The first-order valence-electron chi connectivity index (χ1n) is 8.94. The quantitative estimate of drug-likeness (QED) is 0.825. The summed E-state index contributed by atoms with van der Waals surface area (Å²) in [4.78, 5) is 42.9. The number of carbonyl (C=O) groups excluding carboxylic acids is 2. The number of hydrogen-bond donors (Lipinski definition) is 1. The van der Waals surface area contributed by atoms with Gasteiger partial charge in [-0.2, -0.15) is 0 Å². The van der Waals surface area contributed by atoms with Crippen LogP contribution in [-0.4, -0.2) is 34.1 Å². The highest BCUT2D eigenvalue weighted by Crippen LogP contribution is 2.28. The van der Waals surface area contributed by atoms with Crippen LogP contribution in [0.1, 0.15) is 54.2 Å². The largest absolute Gasteiger partial charge is 0.464 e. The first kappa shape index (κ1) is 18.6. The number of fused-ring (bicyclic) bond motifs is 2. The van der Waals surface area contributed by atoms with Crippen molar-refractivity contribution < 1.29 is 14.3 Å². The van der Waals surface area contributed by atoms with Crippen LogP contribution in [0.2, 0.25) is 0 Å². The molecule has 3 heterocycles. The Hall–Kier alpha value is -2.22. The molecule has 0 bridgehead atoms. The van der Waals surface area contributed by atoms with Gasteiger partial charge in [-0.05, 0) is 39.2 Å². The highest BCUT2D eigenvalue weighted by atomic mass is 32.1. The van der Waals surface area contributed by atoms with Crippen molar-refractivity contribution in [2.75, 3.05) is 6.61 Å². The van der Waals surface area contributed by atoms with Gasteiger partial charge in [0.2, 0.25) is 0 Å². The number of amides is 1. The topological polar surface area (TPSA) is 90.3 Å². The fraction of sp³-hybridized carbons (Fsp3) is 0.556. The van der Waals surface area contributed by atoms with Gasteiger partial charge >= 0.3 is 5.97 Å². The molecule has 0 aromatic carbocycles. The second-order valence-electron chi connectivity index (χ2n) is 6.48.